The standard InChI is InChI=1S/C19H19NO6S2/c1-3-4-5-18(21)20(13-6-11-16-17(12-13)27-19(22)26-16)28(23,24)15-9-7-14(25-2)8-10-15/h6-12H,3-5H2,1-2H3. The number of carbonyl (C=O) groups is 1. The topological polar surface area (TPSA) is 93.9 Å². The predicted octanol–water partition coefficient (Wildman–Crippen LogP) is 3.78. The molecule has 3 aromatic rings. The van der Waals surface area contributed by atoms with Gasteiger partial charge in [-0.3, -0.25) is 4.79 Å². The van der Waals surface area contributed by atoms with Crippen LogP contribution in [0.25, 0.3) is 10.3 Å². The van der Waals surface area contributed by atoms with Crippen molar-refractivity contribution in [2.75, 3.05) is 11.4 Å². The first kappa shape index (κ1) is 20.1. The SMILES string of the molecule is CCCCC(=O)N(c1ccc2oc(=O)sc2c1)S(=O)(=O)c1ccc(OC)cc1. The van der Waals surface area contributed by atoms with Crippen molar-refractivity contribution in [1.29, 1.82) is 0 Å². The lowest BCUT2D eigenvalue weighted by Crippen LogP contribution is -2.36. The van der Waals surface area contributed by atoms with Gasteiger partial charge >= 0.3 is 4.94 Å². The number of sulfonamides is 1. The summed E-state index contributed by atoms with van der Waals surface area (Å²) in [6, 6.07) is 10.3. The molecule has 0 atom stereocenters. The molecule has 0 aliphatic carbocycles. The van der Waals surface area contributed by atoms with E-state index in [0.717, 1.165) is 22.1 Å². The Hall–Kier alpha value is -2.65. The van der Waals surface area contributed by atoms with E-state index in [-0.39, 0.29) is 17.0 Å². The van der Waals surface area contributed by atoms with Gasteiger partial charge in [-0.1, -0.05) is 24.7 Å². The summed E-state index contributed by atoms with van der Waals surface area (Å²) in [6.07, 6.45) is 1.41. The van der Waals surface area contributed by atoms with Gasteiger partial charge in [-0.15, -0.1) is 0 Å². The molecule has 148 valence electrons. The number of hydrogen-bond acceptors (Lipinski definition) is 7. The fourth-order valence-corrected chi connectivity index (χ4v) is 4.83. The molecule has 1 aromatic heterocycles. The lowest BCUT2D eigenvalue weighted by Gasteiger charge is -2.23. The number of methoxy groups -OCH3 is 1. The largest absolute Gasteiger partial charge is 0.497 e. The minimum atomic E-state index is -4.15. The van der Waals surface area contributed by atoms with Gasteiger partial charge in [0.25, 0.3) is 10.0 Å². The van der Waals surface area contributed by atoms with E-state index in [1.165, 1.54) is 49.6 Å². The van der Waals surface area contributed by atoms with Crippen LogP contribution in [0.1, 0.15) is 26.2 Å². The molecule has 0 bridgehead atoms. The first-order valence-electron chi connectivity index (χ1n) is 8.62. The molecule has 0 aliphatic rings. The highest BCUT2D eigenvalue weighted by atomic mass is 32.2. The Morgan fingerprint density at radius 1 is 1.18 bits per heavy atom. The van der Waals surface area contributed by atoms with Gasteiger partial charge in [0.15, 0.2) is 0 Å². The van der Waals surface area contributed by atoms with Crippen molar-refractivity contribution in [2.45, 2.75) is 31.1 Å². The zero-order chi connectivity index (χ0) is 20.3. The van der Waals surface area contributed by atoms with Gasteiger partial charge in [-0.2, -0.15) is 0 Å². The molecule has 9 heteroatoms. The number of amides is 1. The maximum absolute atomic E-state index is 13.3. The van der Waals surface area contributed by atoms with E-state index in [9.17, 15) is 18.0 Å². The van der Waals surface area contributed by atoms with Gasteiger partial charge in [0.2, 0.25) is 5.91 Å². The lowest BCUT2D eigenvalue weighted by atomic mass is 10.2. The van der Waals surface area contributed by atoms with E-state index in [0.29, 0.717) is 22.5 Å². The Morgan fingerprint density at radius 2 is 1.89 bits per heavy atom. The third kappa shape index (κ3) is 3.95. The molecule has 0 unspecified atom stereocenters. The van der Waals surface area contributed by atoms with Crippen LogP contribution in [0.4, 0.5) is 5.69 Å². The number of anilines is 1. The summed E-state index contributed by atoms with van der Waals surface area (Å²) < 4.78 is 37.9. The van der Waals surface area contributed by atoms with Crippen LogP contribution in [0.5, 0.6) is 5.75 Å². The van der Waals surface area contributed by atoms with Crippen LogP contribution in [0, 0.1) is 0 Å². The monoisotopic (exact) mass is 421 g/mol. The van der Waals surface area contributed by atoms with Crippen LogP contribution >= 0.6 is 11.3 Å². The zero-order valence-corrected chi connectivity index (χ0v) is 17.0. The van der Waals surface area contributed by atoms with Gasteiger partial charge in [-0.25, -0.2) is 17.5 Å². The molecule has 0 aliphatic heterocycles. The number of ether oxygens (including phenoxy) is 1. The second kappa shape index (κ2) is 8.15. The Balaban J connectivity index is 2.11. The molecule has 0 spiro atoms. The van der Waals surface area contributed by atoms with E-state index >= 15 is 0 Å². The van der Waals surface area contributed by atoms with E-state index in [1.807, 2.05) is 6.92 Å². The van der Waals surface area contributed by atoms with Gasteiger partial charge in [0.05, 0.1) is 22.4 Å². The Labute approximate surface area is 166 Å². The highest BCUT2D eigenvalue weighted by Gasteiger charge is 2.31. The number of hydrogen-bond donors (Lipinski definition) is 0. The fourth-order valence-electron chi connectivity index (χ4n) is 2.69. The first-order chi connectivity index (χ1) is 13.4. The Bertz CT molecular complexity index is 1150. The van der Waals surface area contributed by atoms with Gasteiger partial charge in [-0.05, 0) is 48.9 Å². The van der Waals surface area contributed by atoms with Crippen LogP contribution in [-0.4, -0.2) is 21.4 Å². The number of rotatable bonds is 7. The van der Waals surface area contributed by atoms with Crippen molar-refractivity contribution >= 4 is 43.2 Å². The molecular weight excluding hydrogens is 402 g/mol. The number of carbonyl (C=O) groups excluding carboxylic acids is 1. The summed E-state index contributed by atoms with van der Waals surface area (Å²) in [4.78, 5) is 23.8. The number of fused-ring (bicyclic) bond motifs is 1. The highest BCUT2D eigenvalue weighted by molar-refractivity contribution is 7.93. The summed E-state index contributed by atoms with van der Waals surface area (Å²) >= 11 is 0.853. The maximum Gasteiger partial charge on any atom is 0.396 e. The summed E-state index contributed by atoms with van der Waals surface area (Å²) in [5, 5.41) is 0. The lowest BCUT2D eigenvalue weighted by molar-refractivity contribution is -0.117. The van der Waals surface area contributed by atoms with E-state index < -0.39 is 20.9 Å². The van der Waals surface area contributed by atoms with Crippen molar-refractivity contribution in [3.05, 3.63) is 52.2 Å². The molecule has 28 heavy (non-hydrogen) atoms. The number of nitrogens with zero attached hydrogens (tertiary/aromatic N) is 1. The van der Waals surface area contributed by atoms with E-state index in [2.05, 4.69) is 0 Å². The second-order valence-electron chi connectivity index (χ2n) is 6.03. The van der Waals surface area contributed by atoms with Crippen LogP contribution in [0.2, 0.25) is 0 Å². The van der Waals surface area contributed by atoms with Crippen LogP contribution in [0.15, 0.2) is 56.6 Å². The number of benzene rings is 2. The van der Waals surface area contributed by atoms with E-state index in [4.69, 9.17) is 9.15 Å². The smallest absolute Gasteiger partial charge is 0.396 e. The van der Waals surface area contributed by atoms with Crippen molar-refractivity contribution in [3.63, 3.8) is 0 Å². The molecule has 0 radical (unpaired) electrons. The molecule has 0 fully saturated rings. The van der Waals surface area contributed by atoms with Crippen LogP contribution in [0.3, 0.4) is 0 Å². The molecule has 0 saturated carbocycles. The van der Waals surface area contributed by atoms with Crippen molar-refractivity contribution in [1.82, 2.24) is 0 Å². The van der Waals surface area contributed by atoms with Gasteiger partial charge in [0.1, 0.15) is 11.3 Å². The minimum Gasteiger partial charge on any atom is -0.497 e. The fraction of sp³-hybridized carbons (Fsp3) is 0.263. The molecule has 3 rings (SSSR count). The second-order valence-corrected chi connectivity index (χ2v) is 8.79. The third-order valence-corrected chi connectivity index (χ3v) is 6.67. The summed E-state index contributed by atoms with van der Waals surface area (Å²) in [5.74, 6) is -0.0275. The Morgan fingerprint density at radius 3 is 2.54 bits per heavy atom. The average molecular weight is 421 g/mol. The Kier molecular flexibility index (Phi) is 5.85. The first-order valence-corrected chi connectivity index (χ1v) is 10.9. The van der Waals surface area contributed by atoms with Crippen molar-refractivity contribution in [3.8, 4) is 5.75 Å². The zero-order valence-electron chi connectivity index (χ0n) is 15.4. The van der Waals surface area contributed by atoms with Gasteiger partial charge in [0, 0.05) is 6.42 Å². The summed E-state index contributed by atoms with van der Waals surface area (Å²) in [5.41, 5.74) is 0.517. The quantitative estimate of drug-likeness (QED) is 0.576. The minimum absolute atomic E-state index is 0.0290. The highest BCUT2D eigenvalue weighted by Crippen LogP contribution is 2.30. The summed E-state index contributed by atoms with van der Waals surface area (Å²) in [6.45, 7) is 1.92. The average Bonchev–Trinajstić information content (AvgIpc) is 3.05. The van der Waals surface area contributed by atoms with Crippen molar-refractivity contribution < 1.29 is 22.4 Å². The summed E-state index contributed by atoms with van der Waals surface area (Å²) in [7, 11) is -2.66. The third-order valence-electron chi connectivity index (χ3n) is 4.12. The van der Waals surface area contributed by atoms with Gasteiger partial charge < -0.3 is 9.15 Å². The predicted molar refractivity (Wildman–Crippen MR) is 108 cm³/mol. The van der Waals surface area contributed by atoms with E-state index in [1.54, 1.807) is 0 Å². The molecule has 1 amide bonds. The number of unbranched alkanes of at least 4 members (excludes halogenated alkanes) is 1. The molecule has 2 aromatic carbocycles. The van der Waals surface area contributed by atoms with Crippen molar-refractivity contribution in [2.24, 2.45) is 0 Å². The molecule has 1 heterocycles. The van der Waals surface area contributed by atoms with Crippen LogP contribution in [-0.2, 0) is 14.8 Å². The molecule has 0 N–H and O–H groups in total. The van der Waals surface area contributed by atoms with Crippen LogP contribution < -0.4 is 14.0 Å². The molecular formula is C19H19NO6S2. The molecule has 0 saturated heterocycles. The maximum atomic E-state index is 13.3. The molecule has 7 nitrogen and oxygen atoms in total. The normalized spacial score (nSPS) is 11.5.